The molecule has 0 spiro atoms. The van der Waals surface area contributed by atoms with Crippen molar-refractivity contribution in [2.75, 3.05) is 5.32 Å². The predicted octanol–water partition coefficient (Wildman–Crippen LogP) is 4.25. The number of anilines is 1. The minimum atomic E-state index is -0.343. The van der Waals surface area contributed by atoms with Gasteiger partial charge in [-0.2, -0.15) is 5.10 Å². The number of H-pyrrole nitrogens is 1. The Morgan fingerprint density at radius 3 is 2.46 bits per heavy atom. The van der Waals surface area contributed by atoms with Crippen LogP contribution in [0.4, 0.5) is 5.69 Å². The van der Waals surface area contributed by atoms with Crippen LogP contribution in [-0.2, 0) is 0 Å². The van der Waals surface area contributed by atoms with Crippen LogP contribution in [-0.4, -0.2) is 31.2 Å². The van der Waals surface area contributed by atoms with Gasteiger partial charge < -0.3 is 10.4 Å². The van der Waals surface area contributed by atoms with Gasteiger partial charge in [0.2, 0.25) is 0 Å². The van der Waals surface area contributed by atoms with Crippen LogP contribution in [0.15, 0.2) is 71.5 Å². The molecule has 0 aliphatic carbocycles. The summed E-state index contributed by atoms with van der Waals surface area (Å²) >= 11 is 3.39. The average Bonchev–Trinajstić information content (AvgIpc) is 3.19. The highest BCUT2D eigenvalue weighted by Gasteiger charge is 2.12. The van der Waals surface area contributed by atoms with Gasteiger partial charge >= 0.3 is 0 Å². The topological polar surface area (TPSA) is 104 Å². The van der Waals surface area contributed by atoms with Crippen molar-refractivity contribution in [3.8, 4) is 28.4 Å². The minimum absolute atomic E-state index is 0.138. The molecule has 0 bridgehead atoms. The van der Waals surface area contributed by atoms with E-state index in [1.54, 1.807) is 30.3 Å². The van der Waals surface area contributed by atoms with Crippen molar-refractivity contribution in [3.05, 3.63) is 77.2 Å². The number of phenolic OH excluding ortho intramolecular Hbond substituents is 1. The predicted molar refractivity (Wildman–Crippen MR) is 109 cm³/mol. The largest absolute Gasteiger partial charge is 0.508 e. The van der Waals surface area contributed by atoms with Crippen LogP contribution < -0.4 is 5.32 Å². The first-order valence-corrected chi connectivity index (χ1v) is 9.12. The van der Waals surface area contributed by atoms with Gasteiger partial charge in [-0.15, -0.1) is 0 Å². The number of amides is 1. The molecule has 2 aromatic heterocycles. The zero-order valence-electron chi connectivity index (χ0n) is 14.4. The highest BCUT2D eigenvalue weighted by molar-refractivity contribution is 9.10. The first-order chi connectivity index (χ1) is 13.6. The lowest BCUT2D eigenvalue weighted by Crippen LogP contribution is -2.12. The normalized spacial score (nSPS) is 10.6. The highest BCUT2D eigenvalue weighted by atomic mass is 79.9. The number of carbonyl (C=O) groups excluding carboxylic acids is 1. The Balaban J connectivity index is 1.47. The summed E-state index contributed by atoms with van der Waals surface area (Å²) in [6.07, 6.45) is 3.02. The van der Waals surface area contributed by atoms with Crippen LogP contribution in [0.5, 0.6) is 5.75 Å². The fourth-order valence-electron chi connectivity index (χ4n) is 2.59. The van der Waals surface area contributed by atoms with Crippen molar-refractivity contribution in [3.63, 3.8) is 0 Å². The molecule has 0 saturated carbocycles. The number of halogens is 1. The summed E-state index contributed by atoms with van der Waals surface area (Å²) in [7, 11) is 0. The Kier molecular flexibility index (Phi) is 4.86. The Labute approximate surface area is 168 Å². The Morgan fingerprint density at radius 1 is 1.00 bits per heavy atom. The molecular formula is C20H14BrN5O2. The van der Waals surface area contributed by atoms with Crippen LogP contribution >= 0.6 is 15.9 Å². The molecule has 2 heterocycles. The molecule has 4 aromatic rings. The van der Waals surface area contributed by atoms with Crippen LogP contribution in [0.3, 0.4) is 0 Å². The van der Waals surface area contributed by atoms with E-state index in [4.69, 9.17) is 0 Å². The van der Waals surface area contributed by atoms with Gasteiger partial charge in [-0.1, -0.05) is 40.2 Å². The Bertz CT molecular complexity index is 1120. The second-order valence-corrected chi connectivity index (χ2v) is 6.89. The quantitative estimate of drug-likeness (QED) is 0.444. The van der Waals surface area contributed by atoms with Gasteiger partial charge in [-0.05, 0) is 30.3 Å². The zero-order valence-corrected chi connectivity index (χ0v) is 16.0. The van der Waals surface area contributed by atoms with Gasteiger partial charge in [0.1, 0.15) is 11.4 Å². The van der Waals surface area contributed by atoms with Gasteiger partial charge in [-0.25, -0.2) is 9.97 Å². The number of aromatic nitrogens is 4. The molecule has 4 rings (SSSR count). The molecule has 8 heteroatoms. The molecule has 0 radical (unpaired) electrons. The molecule has 3 N–H and O–H groups in total. The average molecular weight is 436 g/mol. The van der Waals surface area contributed by atoms with Gasteiger partial charge in [0.25, 0.3) is 5.91 Å². The summed E-state index contributed by atoms with van der Waals surface area (Å²) in [6.45, 7) is 0. The molecule has 1 amide bonds. The first-order valence-electron chi connectivity index (χ1n) is 8.32. The van der Waals surface area contributed by atoms with E-state index in [1.165, 1.54) is 12.4 Å². The summed E-state index contributed by atoms with van der Waals surface area (Å²) < 4.78 is 0.971. The number of rotatable bonds is 4. The molecule has 0 saturated heterocycles. The van der Waals surface area contributed by atoms with Crippen LogP contribution in [0.25, 0.3) is 22.6 Å². The molecule has 0 fully saturated rings. The second kappa shape index (κ2) is 7.61. The van der Waals surface area contributed by atoms with Crippen molar-refractivity contribution >= 4 is 27.5 Å². The molecule has 2 aromatic carbocycles. The maximum absolute atomic E-state index is 12.4. The van der Waals surface area contributed by atoms with Crippen LogP contribution in [0.2, 0.25) is 0 Å². The third-order valence-corrected chi connectivity index (χ3v) is 4.51. The van der Waals surface area contributed by atoms with Crippen molar-refractivity contribution in [2.45, 2.75) is 0 Å². The van der Waals surface area contributed by atoms with Gasteiger partial charge in [0.05, 0.1) is 23.8 Å². The Morgan fingerprint density at radius 2 is 1.75 bits per heavy atom. The summed E-state index contributed by atoms with van der Waals surface area (Å²) in [6, 6.07) is 16.0. The fraction of sp³-hybridized carbons (Fsp3) is 0. The molecule has 0 atom stereocenters. The number of aromatic hydroxyl groups is 1. The van der Waals surface area contributed by atoms with Gasteiger partial charge in [0, 0.05) is 15.6 Å². The molecule has 28 heavy (non-hydrogen) atoms. The third kappa shape index (κ3) is 3.91. The number of hydrogen-bond donors (Lipinski definition) is 3. The number of phenols is 1. The second-order valence-electron chi connectivity index (χ2n) is 5.97. The lowest BCUT2D eigenvalue weighted by atomic mass is 10.1. The van der Waals surface area contributed by atoms with Crippen molar-refractivity contribution in [1.29, 1.82) is 0 Å². The maximum atomic E-state index is 12.4. The summed E-state index contributed by atoms with van der Waals surface area (Å²) in [5, 5.41) is 19.2. The van der Waals surface area contributed by atoms with E-state index in [1.807, 2.05) is 24.3 Å². The van der Waals surface area contributed by atoms with E-state index < -0.39 is 0 Å². The van der Waals surface area contributed by atoms with E-state index >= 15 is 0 Å². The van der Waals surface area contributed by atoms with Gasteiger partial charge in [-0.3, -0.25) is 9.89 Å². The number of nitrogens with zero attached hydrogens (tertiary/aromatic N) is 3. The third-order valence-electron chi connectivity index (χ3n) is 3.98. The van der Waals surface area contributed by atoms with E-state index in [-0.39, 0.29) is 11.7 Å². The lowest BCUT2D eigenvalue weighted by molar-refractivity contribution is 0.102. The molecular weight excluding hydrogens is 422 g/mol. The van der Waals surface area contributed by atoms with Crippen molar-refractivity contribution < 1.29 is 9.90 Å². The summed E-state index contributed by atoms with van der Waals surface area (Å²) in [5.74, 6) is 0.247. The fourth-order valence-corrected chi connectivity index (χ4v) is 2.86. The van der Waals surface area contributed by atoms with Crippen LogP contribution in [0.1, 0.15) is 10.5 Å². The molecule has 0 aliphatic rings. The van der Waals surface area contributed by atoms with Crippen molar-refractivity contribution in [1.82, 2.24) is 20.2 Å². The smallest absolute Gasteiger partial charge is 0.273 e. The number of aromatic amines is 1. The molecule has 0 aliphatic heterocycles. The van der Waals surface area contributed by atoms with E-state index in [0.717, 1.165) is 10.0 Å². The molecule has 7 nitrogen and oxygen atoms in total. The highest BCUT2D eigenvalue weighted by Crippen LogP contribution is 2.22. The minimum Gasteiger partial charge on any atom is -0.508 e. The number of nitrogens with one attached hydrogen (secondary N) is 2. The standard InChI is InChI=1S/C20H14BrN5O2/c21-14-6-4-12(5-7-14)17-9-18(26-25-17)20(28)24-15-10-22-19(23-11-15)13-2-1-3-16(27)8-13/h1-11,27H,(H,24,28)(H,25,26). The number of carbonyl (C=O) groups is 1. The maximum Gasteiger partial charge on any atom is 0.273 e. The SMILES string of the molecule is O=C(Nc1cnc(-c2cccc(O)c2)nc1)c1cc(-c2ccc(Br)cc2)n[nH]1. The zero-order chi connectivity index (χ0) is 19.5. The van der Waals surface area contributed by atoms with Crippen molar-refractivity contribution in [2.24, 2.45) is 0 Å². The summed E-state index contributed by atoms with van der Waals surface area (Å²) in [5.41, 5.74) is 3.04. The Hall–Kier alpha value is -3.52. The molecule has 138 valence electrons. The van der Waals surface area contributed by atoms with Crippen LogP contribution in [0, 0.1) is 0 Å². The number of benzene rings is 2. The molecule has 0 unspecified atom stereocenters. The van der Waals surface area contributed by atoms with E-state index in [2.05, 4.69) is 41.4 Å². The van der Waals surface area contributed by atoms with E-state index in [9.17, 15) is 9.90 Å². The monoisotopic (exact) mass is 435 g/mol. The lowest BCUT2D eigenvalue weighted by Gasteiger charge is -2.04. The number of hydrogen-bond acceptors (Lipinski definition) is 5. The first kappa shape index (κ1) is 17.9. The van der Waals surface area contributed by atoms with Gasteiger partial charge in [0.15, 0.2) is 5.82 Å². The van der Waals surface area contributed by atoms with E-state index in [0.29, 0.717) is 28.5 Å². The summed E-state index contributed by atoms with van der Waals surface area (Å²) in [4.78, 5) is 20.9.